The fourth-order valence-corrected chi connectivity index (χ4v) is 11.9. The van der Waals surface area contributed by atoms with Gasteiger partial charge in [-0.2, -0.15) is 0 Å². The number of rotatable bonds is 0. The van der Waals surface area contributed by atoms with E-state index >= 15 is 0 Å². The molecule has 8 aliphatic carbocycles. The molecular weight excluding hydrogens is 295 g/mol. The fourth-order valence-electron chi connectivity index (χ4n) is 9.46. The van der Waals surface area contributed by atoms with Crippen LogP contribution in [0.25, 0.3) is 0 Å². The van der Waals surface area contributed by atoms with E-state index in [0.29, 0.717) is 0 Å². The Hall–Kier alpha value is 0.730. The van der Waals surface area contributed by atoms with Crippen molar-refractivity contribution in [3.8, 4) is 0 Å². The molecule has 8 fully saturated rings. The van der Waals surface area contributed by atoms with Crippen LogP contribution in [0.5, 0.6) is 0 Å². The lowest BCUT2D eigenvalue weighted by Crippen LogP contribution is -2.35. The maximum atomic E-state index is 3.00. The minimum absolute atomic E-state index is 0.865. The number of hydrogen-bond acceptors (Lipinski definition) is 0. The van der Waals surface area contributed by atoms with Crippen LogP contribution in [-0.2, 0) is 0 Å². The average Bonchev–Trinajstić information content (AvgIpc) is 2.80. The quantitative estimate of drug-likeness (QED) is 0.477. The van der Waals surface area contributed by atoms with Crippen LogP contribution in [0.1, 0.15) is 12.8 Å². The Kier molecular flexibility index (Phi) is 0.768. The molecule has 0 N–H and O–H groups in total. The molecule has 0 aromatic carbocycles. The van der Waals surface area contributed by atoms with Crippen molar-refractivity contribution < 1.29 is 0 Å². The first kappa shape index (κ1) is 7.23. The third kappa shape index (κ3) is 0.385. The zero-order chi connectivity index (χ0) is 9.27. The molecule has 0 heterocycles. The van der Waals surface area contributed by atoms with Gasteiger partial charge in [-0.1, -0.05) is 22.6 Å². The molecule has 0 aromatic heterocycles. The normalized spacial score (nSPS) is 95.4. The molecule has 0 spiro atoms. The van der Waals surface area contributed by atoms with Gasteiger partial charge in [-0.25, -0.2) is 0 Å². The minimum atomic E-state index is 0.865. The van der Waals surface area contributed by atoms with Crippen molar-refractivity contribution in [3.05, 3.63) is 0 Å². The summed E-state index contributed by atoms with van der Waals surface area (Å²) < 4.78 is 0.865. The summed E-state index contributed by atoms with van der Waals surface area (Å²) in [7, 11) is 0. The first-order valence-corrected chi connectivity index (χ1v) is 8.10. The second-order valence-corrected chi connectivity index (χ2v) is 9.70. The highest BCUT2D eigenvalue weighted by atomic mass is 127. The van der Waals surface area contributed by atoms with Crippen LogP contribution in [0, 0.1) is 65.1 Å². The first-order chi connectivity index (χ1) is 7.33. The van der Waals surface area contributed by atoms with Crippen LogP contribution in [0.2, 0.25) is 0 Å². The molecule has 1 heteroatoms. The summed E-state index contributed by atoms with van der Waals surface area (Å²) in [6.45, 7) is 0. The molecule has 0 radical (unpaired) electrons. The lowest BCUT2D eigenvalue weighted by atomic mass is 9.80. The largest absolute Gasteiger partial charge is 0.0779 e. The molecule has 15 heavy (non-hydrogen) atoms. The Labute approximate surface area is 104 Å². The van der Waals surface area contributed by atoms with E-state index in [-0.39, 0.29) is 0 Å². The Morgan fingerprint density at radius 1 is 0.733 bits per heavy atom. The summed E-state index contributed by atoms with van der Waals surface area (Å²) in [5.74, 6) is 13.8. The third-order valence-corrected chi connectivity index (χ3v) is 10.9. The summed E-state index contributed by atoms with van der Waals surface area (Å²) in [5, 5.41) is 0. The molecule has 0 saturated heterocycles. The second kappa shape index (κ2) is 1.59. The summed E-state index contributed by atoms with van der Waals surface area (Å²) in [6.07, 6.45) is 3.38. The van der Waals surface area contributed by atoms with Gasteiger partial charge in [-0.15, -0.1) is 0 Å². The molecule has 8 rings (SSSR count). The number of alkyl halides is 1. The van der Waals surface area contributed by atoms with Gasteiger partial charge in [0.05, 0.1) is 0 Å². The Balaban J connectivity index is 1.76. The Morgan fingerprint density at radius 2 is 1.40 bits per heavy atom. The zero-order valence-corrected chi connectivity index (χ0v) is 10.8. The summed E-state index contributed by atoms with van der Waals surface area (Å²) in [6, 6.07) is 0. The Morgan fingerprint density at radius 3 is 2.27 bits per heavy atom. The van der Waals surface area contributed by atoms with E-state index in [0.717, 1.165) is 3.42 Å². The molecule has 0 amide bonds. The van der Waals surface area contributed by atoms with E-state index in [1.165, 1.54) is 65.1 Å². The van der Waals surface area contributed by atoms with Crippen LogP contribution in [0.15, 0.2) is 0 Å². The standard InChI is InChI=1S/C14H15I/c15-14-6-2-5-8-7-3-1-4(10(7)13(5)14)12(14)9(3)11(6)8/h3-13H,1-2H2/t3-,4-,5+,6-,7-,8-,9+,10-,11-,12+,13+,14-/m1/s1. The highest BCUT2D eigenvalue weighted by Gasteiger charge is 2.92. The van der Waals surface area contributed by atoms with Crippen molar-refractivity contribution in [1.82, 2.24) is 0 Å². The molecule has 78 valence electrons. The van der Waals surface area contributed by atoms with E-state index in [2.05, 4.69) is 22.6 Å². The first-order valence-electron chi connectivity index (χ1n) is 7.02. The van der Waals surface area contributed by atoms with Gasteiger partial charge in [0, 0.05) is 3.42 Å². The highest BCUT2D eigenvalue weighted by Crippen LogP contribution is 2.95. The summed E-state index contributed by atoms with van der Waals surface area (Å²) >= 11 is 3.00. The van der Waals surface area contributed by atoms with Crippen LogP contribution < -0.4 is 0 Å². The predicted octanol–water partition coefficient (Wildman–Crippen LogP) is 2.81. The summed E-state index contributed by atoms with van der Waals surface area (Å²) in [4.78, 5) is 0. The van der Waals surface area contributed by atoms with Gasteiger partial charge in [0.2, 0.25) is 0 Å². The fraction of sp³-hybridized carbons (Fsp3) is 1.00. The smallest absolute Gasteiger partial charge is 0.0320 e. The Bertz CT molecular complexity index is 431. The van der Waals surface area contributed by atoms with Gasteiger partial charge in [0.1, 0.15) is 0 Å². The molecule has 8 saturated carbocycles. The molecule has 0 aromatic rings. The van der Waals surface area contributed by atoms with E-state index < -0.39 is 0 Å². The maximum absolute atomic E-state index is 3.00. The monoisotopic (exact) mass is 310 g/mol. The minimum Gasteiger partial charge on any atom is -0.0779 e. The molecule has 12 atom stereocenters. The van der Waals surface area contributed by atoms with Crippen molar-refractivity contribution >= 4 is 22.6 Å². The molecular formula is C14H15I. The topological polar surface area (TPSA) is 0 Å². The molecule has 8 aliphatic rings. The number of halogens is 1. The highest BCUT2D eigenvalue weighted by molar-refractivity contribution is 14.1. The van der Waals surface area contributed by atoms with Crippen LogP contribution in [-0.4, -0.2) is 3.42 Å². The molecule has 0 unspecified atom stereocenters. The van der Waals surface area contributed by atoms with Gasteiger partial charge in [0.25, 0.3) is 0 Å². The molecule has 0 aliphatic heterocycles. The zero-order valence-electron chi connectivity index (χ0n) is 8.64. The lowest BCUT2D eigenvalue weighted by Gasteiger charge is -2.34. The van der Waals surface area contributed by atoms with Crippen LogP contribution in [0.4, 0.5) is 0 Å². The second-order valence-electron chi connectivity index (χ2n) is 7.84. The molecule has 4 bridgehead atoms. The van der Waals surface area contributed by atoms with E-state index in [9.17, 15) is 0 Å². The maximum Gasteiger partial charge on any atom is 0.0320 e. The summed E-state index contributed by atoms with van der Waals surface area (Å²) in [5.41, 5.74) is 0. The van der Waals surface area contributed by atoms with Crippen molar-refractivity contribution in [3.63, 3.8) is 0 Å². The van der Waals surface area contributed by atoms with E-state index in [1.54, 1.807) is 12.8 Å². The lowest BCUT2D eigenvalue weighted by molar-refractivity contribution is 0.220. The van der Waals surface area contributed by atoms with E-state index in [4.69, 9.17) is 0 Å². The van der Waals surface area contributed by atoms with Crippen molar-refractivity contribution in [2.75, 3.05) is 0 Å². The van der Waals surface area contributed by atoms with Crippen molar-refractivity contribution in [2.45, 2.75) is 16.3 Å². The van der Waals surface area contributed by atoms with Gasteiger partial charge in [-0.3, -0.25) is 0 Å². The number of hydrogen-bond donors (Lipinski definition) is 0. The average molecular weight is 310 g/mol. The SMILES string of the molecule is I[C@]12[C@H]3[C@H]4C[C@@H]1[C@@H]1[C@H]4[C@H]4[C@H]5C[C@H]([C@H]43)[C@H]2[C@@H]51. The van der Waals surface area contributed by atoms with Crippen LogP contribution >= 0.6 is 22.6 Å². The predicted molar refractivity (Wildman–Crippen MR) is 64.4 cm³/mol. The third-order valence-electron chi connectivity index (χ3n) is 8.63. The van der Waals surface area contributed by atoms with Crippen molar-refractivity contribution in [1.29, 1.82) is 0 Å². The van der Waals surface area contributed by atoms with Crippen LogP contribution in [0.3, 0.4) is 0 Å². The van der Waals surface area contributed by atoms with Gasteiger partial charge < -0.3 is 0 Å². The van der Waals surface area contributed by atoms with Gasteiger partial charge >= 0.3 is 0 Å². The van der Waals surface area contributed by atoms with Gasteiger partial charge in [-0.05, 0) is 77.9 Å². The van der Waals surface area contributed by atoms with Gasteiger partial charge in [0.15, 0.2) is 0 Å². The van der Waals surface area contributed by atoms with Crippen molar-refractivity contribution in [2.24, 2.45) is 65.1 Å². The molecule has 0 nitrogen and oxygen atoms in total. The van der Waals surface area contributed by atoms with E-state index in [1.807, 2.05) is 0 Å².